The van der Waals surface area contributed by atoms with Gasteiger partial charge in [0.2, 0.25) is 0 Å². The number of benzene rings is 2. The number of nitrogens with zero attached hydrogens (tertiary/aromatic N) is 1. The minimum atomic E-state index is 0.239. The van der Waals surface area contributed by atoms with E-state index in [1.165, 1.54) is 17.5 Å². The molecule has 0 heterocycles. The molecule has 2 aromatic rings. The number of guanidine groups is 1. The largest absolute Gasteiger partial charge is 0.353 e. The molecule has 3 atom stereocenters. The van der Waals surface area contributed by atoms with E-state index in [2.05, 4.69) is 84.1 Å². The van der Waals surface area contributed by atoms with Gasteiger partial charge in [-0.15, -0.1) is 0 Å². The third-order valence-electron chi connectivity index (χ3n) is 4.31. The van der Waals surface area contributed by atoms with Crippen molar-refractivity contribution in [2.45, 2.75) is 38.3 Å². The third-order valence-corrected chi connectivity index (χ3v) is 4.31. The summed E-state index contributed by atoms with van der Waals surface area (Å²) in [6, 6.07) is 21.9. The lowest BCUT2D eigenvalue weighted by molar-refractivity contribution is 0.679. The molecule has 0 saturated heterocycles. The summed E-state index contributed by atoms with van der Waals surface area (Å²) in [5.41, 5.74) is 2.69. The molecule has 1 saturated carbocycles. The van der Waals surface area contributed by atoms with E-state index in [4.69, 9.17) is 0 Å². The monoisotopic (exact) mass is 307 g/mol. The van der Waals surface area contributed by atoms with E-state index in [-0.39, 0.29) is 6.04 Å². The first-order chi connectivity index (χ1) is 11.3. The van der Waals surface area contributed by atoms with Crippen LogP contribution in [-0.4, -0.2) is 18.5 Å². The molecule has 0 spiro atoms. The van der Waals surface area contributed by atoms with Gasteiger partial charge in [-0.3, -0.25) is 4.99 Å². The van der Waals surface area contributed by atoms with Gasteiger partial charge < -0.3 is 10.6 Å². The molecule has 3 unspecified atom stereocenters. The molecule has 1 aliphatic carbocycles. The van der Waals surface area contributed by atoms with Crippen molar-refractivity contribution in [3.63, 3.8) is 0 Å². The second kappa shape index (κ2) is 7.32. The average Bonchev–Trinajstić information content (AvgIpc) is 3.36. The van der Waals surface area contributed by atoms with Gasteiger partial charge in [0.05, 0.1) is 6.04 Å². The summed E-state index contributed by atoms with van der Waals surface area (Å²) in [5, 5.41) is 7.10. The zero-order chi connectivity index (χ0) is 16.1. The Hall–Kier alpha value is -2.29. The zero-order valence-corrected chi connectivity index (χ0v) is 13.9. The molecule has 2 aromatic carbocycles. The summed E-state index contributed by atoms with van der Waals surface area (Å²) >= 11 is 0. The van der Waals surface area contributed by atoms with Crippen LogP contribution in [0.15, 0.2) is 65.7 Å². The zero-order valence-electron chi connectivity index (χ0n) is 13.9. The minimum absolute atomic E-state index is 0.239. The van der Waals surface area contributed by atoms with Gasteiger partial charge in [-0.2, -0.15) is 0 Å². The standard InChI is InChI=1S/C20H25N3/c1-3-21-20(22-15(2)16-10-6-4-7-11-16)23-19-14-18(19)17-12-8-5-9-13-17/h4-13,15,18-19H,3,14H2,1-2H3,(H2,21,22,23). The van der Waals surface area contributed by atoms with Crippen molar-refractivity contribution in [2.24, 2.45) is 4.99 Å². The highest BCUT2D eigenvalue weighted by atomic mass is 15.2. The molecule has 0 amide bonds. The summed E-state index contributed by atoms with van der Waals surface area (Å²) in [6.45, 7) is 5.02. The smallest absolute Gasteiger partial charge is 0.191 e. The number of aliphatic imine (C=N–C) groups is 1. The summed E-state index contributed by atoms with van der Waals surface area (Å²) in [6.07, 6.45) is 1.17. The molecule has 120 valence electrons. The molecular weight excluding hydrogens is 282 g/mol. The van der Waals surface area contributed by atoms with E-state index in [0.717, 1.165) is 12.5 Å². The number of nitrogens with one attached hydrogen (secondary N) is 2. The van der Waals surface area contributed by atoms with Crippen LogP contribution in [0.5, 0.6) is 0 Å². The van der Waals surface area contributed by atoms with Crippen LogP contribution >= 0.6 is 0 Å². The Bertz CT molecular complexity index is 636. The minimum Gasteiger partial charge on any atom is -0.353 e. The molecule has 2 N–H and O–H groups in total. The molecule has 23 heavy (non-hydrogen) atoms. The Labute approximate surface area is 138 Å². The molecule has 0 radical (unpaired) electrons. The Morgan fingerprint density at radius 1 is 1.09 bits per heavy atom. The predicted molar refractivity (Wildman–Crippen MR) is 96.7 cm³/mol. The van der Waals surface area contributed by atoms with Crippen LogP contribution in [0, 0.1) is 0 Å². The van der Waals surface area contributed by atoms with Gasteiger partial charge in [0, 0.05) is 18.5 Å². The van der Waals surface area contributed by atoms with Crippen LogP contribution in [0.2, 0.25) is 0 Å². The maximum absolute atomic E-state index is 4.59. The van der Waals surface area contributed by atoms with E-state index in [1.807, 2.05) is 6.07 Å². The van der Waals surface area contributed by atoms with Crippen LogP contribution in [-0.2, 0) is 0 Å². The average molecular weight is 307 g/mol. The van der Waals surface area contributed by atoms with Gasteiger partial charge in [0.25, 0.3) is 0 Å². The predicted octanol–water partition coefficient (Wildman–Crippen LogP) is 3.86. The summed E-state index contributed by atoms with van der Waals surface area (Å²) in [4.78, 5) is 4.59. The second-order valence-corrected chi connectivity index (χ2v) is 6.10. The molecule has 3 heteroatoms. The maximum atomic E-state index is 4.59. The van der Waals surface area contributed by atoms with E-state index < -0.39 is 0 Å². The van der Waals surface area contributed by atoms with Crippen molar-refractivity contribution in [3.05, 3.63) is 71.8 Å². The maximum Gasteiger partial charge on any atom is 0.191 e. The van der Waals surface area contributed by atoms with Crippen LogP contribution in [0.1, 0.15) is 43.4 Å². The van der Waals surface area contributed by atoms with Crippen LogP contribution in [0.4, 0.5) is 0 Å². The summed E-state index contributed by atoms with van der Waals surface area (Å²) in [7, 11) is 0. The molecular formula is C20H25N3. The summed E-state index contributed by atoms with van der Waals surface area (Å²) < 4.78 is 0. The molecule has 3 nitrogen and oxygen atoms in total. The Kier molecular flexibility index (Phi) is 4.96. The molecule has 3 rings (SSSR count). The van der Waals surface area contributed by atoms with Gasteiger partial charge in [-0.05, 0) is 31.4 Å². The highest BCUT2D eigenvalue weighted by Gasteiger charge is 2.38. The van der Waals surface area contributed by atoms with E-state index in [1.54, 1.807) is 0 Å². The molecule has 0 aliphatic heterocycles. The van der Waals surface area contributed by atoms with Crippen LogP contribution in [0.25, 0.3) is 0 Å². The van der Waals surface area contributed by atoms with Crippen molar-refractivity contribution in [3.8, 4) is 0 Å². The normalized spacial score (nSPS) is 21.6. The van der Waals surface area contributed by atoms with E-state index >= 15 is 0 Å². The quantitative estimate of drug-likeness (QED) is 0.650. The molecule has 0 aromatic heterocycles. The lowest BCUT2D eigenvalue weighted by Gasteiger charge is -2.18. The first kappa shape index (κ1) is 15.6. The Morgan fingerprint density at radius 2 is 1.74 bits per heavy atom. The van der Waals surface area contributed by atoms with Gasteiger partial charge >= 0.3 is 0 Å². The number of rotatable bonds is 5. The van der Waals surface area contributed by atoms with Gasteiger partial charge in [0.1, 0.15) is 0 Å². The molecule has 1 fully saturated rings. The van der Waals surface area contributed by atoms with E-state index in [9.17, 15) is 0 Å². The fraction of sp³-hybridized carbons (Fsp3) is 0.350. The first-order valence-corrected chi connectivity index (χ1v) is 8.45. The van der Waals surface area contributed by atoms with E-state index in [0.29, 0.717) is 12.0 Å². The van der Waals surface area contributed by atoms with Crippen LogP contribution in [0.3, 0.4) is 0 Å². The molecule has 0 bridgehead atoms. The van der Waals surface area contributed by atoms with Crippen molar-refractivity contribution < 1.29 is 0 Å². The number of hydrogen-bond acceptors (Lipinski definition) is 1. The molecule has 1 aliphatic rings. The highest BCUT2D eigenvalue weighted by molar-refractivity contribution is 5.81. The topological polar surface area (TPSA) is 36.4 Å². The fourth-order valence-corrected chi connectivity index (χ4v) is 2.92. The third kappa shape index (κ3) is 4.13. The first-order valence-electron chi connectivity index (χ1n) is 8.45. The SMILES string of the molecule is CCN=C(NC(C)c1ccccc1)NC1CC1c1ccccc1. The second-order valence-electron chi connectivity index (χ2n) is 6.10. The lowest BCUT2D eigenvalue weighted by atomic mass is 10.1. The Balaban J connectivity index is 1.59. The highest BCUT2D eigenvalue weighted by Crippen LogP contribution is 2.40. The fourth-order valence-electron chi connectivity index (χ4n) is 2.92. The van der Waals surface area contributed by atoms with Crippen LogP contribution < -0.4 is 10.6 Å². The number of hydrogen-bond donors (Lipinski definition) is 2. The summed E-state index contributed by atoms with van der Waals surface area (Å²) in [5.74, 6) is 1.51. The van der Waals surface area contributed by atoms with Gasteiger partial charge in [0.15, 0.2) is 5.96 Å². The lowest BCUT2D eigenvalue weighted by Crippen LogP contribution is -2.40. The van der Waals surface area contributed by atoms with Crippen molar-refractivity contribution in [1.82, 2.24) is 10.6 Å². The van der Waals surface area contributed by atoms with Gasteiger partial charge in [-0.25, -0.2) is 0 Å². The van der Waals surface area contributed by atoms with Gasteiger partial charge in [-0.1, -0.05) is 60.7 Å². The van der Waals surface area contributed by atoms with Crippen molar-refractivity contribution in [1.29, 1.82) is 0 Å². The van der Waals surface area contributed by atoms with Crippen molar-refractivity contribution >= 4 is 5.96 Å². The Morgan fingerprint density at radius 3 is 2.39 bits per heavy atom. The van der Waals surface area contributed by atoms with Crippen molar-refractivity contribution in [2.75, 3.05) is 6.54 Å².